The Balaban J connectivity index is 2.23. The lowest BCUT2D eigenvalue weighted by atomic mass is 10.2. The smallest absolute Gasteiger partial charge is 0.104 e. The summed E-state index contributed by atoms with van der Waals surface area (Å²) in [6.07, 6.45) is 1.62. The Morgan fingerprint density at radius 1 is 1.25 bits per heavy atom. The van der Waals surface area contributed by atoms with Crippen LogP contribution >= 0.6 is 0 Å². The van der Waals surface area contributed by atoms with Crippen molar-refractivity contribution < 1.29 is 0 Å². The Bertz CT molecular complexity index is 648. The van der Waals surface area contributed by atoms with Gasteiger partial charge in [0.25, 0.3) is 0 Å². The second-order valence-electron chi connectivity index (χ2n) is 3.97. The maximum absolute atomic E-state index is 5.81. The number of aromatic amines is 2. The predicted molar refractivity (Wildman–Crippen MR) is 65.0 cm³/mol. The molecule has 16 heavy (non-hydrogen) atoms. The Labute approximate surface area is 92.5 Å². The predicted octanol–water partition coefficient (Wildman–Crippen LogP) is 2.45. The van der Waals surface area contributed by atoms with Crippen LogP contribution in [0.5, 0.6) is 0 Å². The summed E-state index contributed by atoms with van der Waals surface area (Å²) in [5.41, 5.74) is 10.6. The van der Waals surface area contributed by atoms with Crippen molar-refractivity contribution in [1.82, 2.24) is 15.2 Å². The largest absolute Gasteiger partial charge is 0.396 e. The van der Waals surface area contributed by atoms with Gasteiger partial charge in [-0.1, -0.05) is 11.6 Å². The van der Waals surface area contributed by atoms with Crippen LogP contribution in [0.25, 0.3) is 22.3 Å². The fraction of sp³-hybridized carbons (Fsp3) is 0.0833. The van der Waals surface area contributed by atoms with E-state index in [9.17, 15) is 0 Å². The van der Waals surface area contributed by atoms with Gasteiger partial charge in [-0.25, -0.2) is 0 Å². The molecule has 0 fully saturated rings. The summed E-state index contributed by atoms with van der Waals surface area (Å²) in [4.78, 5) is 3.31. The van der Waals surface area contributed by atoms with E-state index in [2.05, 4.69) is 46.4 Å². The lowest BCUT2D eigenvalue weighted by Gasteiger charge is -1.93. The van der Waals surface area contributed by atoms with E-state index in [0.717, 1.165) is 16.9 Å². The zero-order valence-electron chi connectivity index (χ0n) is 8.91. The second-order valence-corrected chi connectivity index (χ2v) is 3.97. The van der Waals surface area contributed by atoms with Gasteiger partial charge >= 0.3 is 0 Å². The molecule has 1 aromatic carbocycles. The third kappa shape index (κ3) is 1.27. The Kier molecular flexibility index (Phi) is 1.77. The number of H-pyrrole nitrogens is 2. The van der Waals surface area contributed by atoms with Crippen molar-refractivity contribution >= 4 is 16.6 Å². The minimum atomic E-state index is 0.656. The normalized spacial score (nSPS) is 11.1. The molecule has 4 nitrogen and oxygen atoms in total. The van der Waals surface area contributed by atoms with Gasteiger partial charge in [-0.3, -0.25) is 5.10 Å². The van der Waals surface area contributed by atoms with E-state index < -0.39 is 0 Å². The fourth-order valence-corrected chi connectivity index (χ4v) is 1.90. The molecule has 2 aromatic heterocycles. The van der Waals surface area contributed by atoms with E-state index in [1.54, 1.807) is 6.20 Å². The average molecular weight is 212 g/mol. The SMILES string of the molecule is Cc1ccc2[nH]c(-c3[nH]ncc3N)cc2c1. The van der Waals surface area contributed by atoms with Gasteiger partial charge in [-0.15, -0.1) is 0 Å². The van der Waals surface area contributed by atoms with Gasteiger partial charge in [-0.2, -0.15) is 5.10 Å². The van der Waals surface area contributed by atoms with Crippen LogP contribution in [0.15, 0.2) is 30.5 Å². The van der Waals surface area contributed by atoms with Gasteiger partial charge in [-0.05, 0) is 25.1 Å². The monoisotopic (exact) mass is 212 g/mol. The molecule has 4 N–H and O–H groups in total. The zero-order chi connectivity index (χ0) is 11.1. The van der Waals surface area contributed by atoms with Gasteiger partial charge in [0, 0.05) is 10.9 Å². The van der Waals surface area contributed by atoms with E-state index >= 15 is 0 Å². The summed E-state index contributed by atoms with van der Waals surface area (Å²) >= 11 is 0. The number of nitrogens with zero attached hydrogens (tertiary/aromatic N) is 1. The number of nitrogens with one attached hydrogen (secondary N) is 2. The van der Waals surface area contributed by atoms with Crippen LogP contribution in [0.2, 0.25) is 0 Å². The molecule has 0 radical (unpaired) electrons. The molecule has 0 saturated carbocycles. The summed E-state index contributed by atoms with van der Waals surface area (Å²) in [6.45, 7) is 2.08. The number of aromatic nitrogens is 3. The topological polar surface area (TPSA) is 70.5 Å². The van der Waals surface area contributed by atoms with E-state index in [-0.39, 0.29) is 0 Å². The highest BCUT2D eigenvalue weighted by Gasteiger charge is 2.07. The molecule has 0 aliphatic rings. The molecule has 0 aliphatic heterocycles. The number of rotatable bonds is 1. The molecule has 0 saturated heterocycles. The minimum absolute atomic E-state index is 0.656. The first-order valence-corrected chi connectivity index (χ1v) is 5.12. The average Bonchev–Trinajstić information content (AvgIpc) is 2.82. The van der Waals surface area contributed by atoms with Gasteiger partial charge in [0.2, 0.25) is 0 Å². The van der Waals surface area contributed by atoms with Crippen molar-refractivity contribution in [3.05, 3.63) is 36.0 Å². The van der Waals surface area contributed by atoms with Crippen molar-refractivity contribution in [2.45, 2.75) is 6.92 Å². The molecule has 80 valence electrons. The third-order valence-corrected chi connectivity index (χ3v) is 2.71. The second kappa shape index (κ2) is 3.13. The highest BCUT2D eigenvalue weighted by molar-refractivity contribution is 5.87. The van der Waals surface area contributed by atoms with E-state index in [1.807, 2.05) is 0 Å². The molecule has 3 aromatic rings. The standard InChI is InChI=1S/C12H12N4/c1-7-2-3-10-8(4-7)5-11(15-10)12-9(13)6-14-16-12/h2-6,15H,13H2,1H3,(H,14,16). The molecule has 0 atom stereocenters. The summed E-state index contributed by atoms with van der Waals surface area (Å²) in [6, 6.07) is 8.37. The maximum atomic E-state index is 5.81. The van der Waals surface area contributed by atoms with Gasteiger partial charge in [0.05, 0.1) is 17.6 Å². The summed E-state index contributed by atoms with van der Waals surface area (Å²) in [5, 5.41) is 7.99. The van der Waals surface area contributed by atoms with Crippen molar-refractivity contribution in [2.24, 2.45) is 0 Å². The number of hydrogen-bond donors (Lipinski definition) is 3. The number of hydrogen-bond acceptors (Lipinski definition) is 2. The Morgan fingerprint density at radius 2 is 2.12 bits per heavy atom. The van der Waals surface area contributed by atoms with Crippen LogP contribution in [0.4, 0.5) is 5.69 Å². The quantitative estimate of drug-likeness (QED) is 0.579. The van der Waals surface area contributed by atoms with Crippen molar-refractivity contribution in [3.8, 4) is 11.4 Å². The molecular weight excluding hydrogens is 200 g/mol. The maximum Gasteiger partial charge on any atom is 0.104 e. The van der Waals surface area contributed by atoms with Crippen molar-refractivity contribution in [1.29, 1.82) is 0 Å². The van der Waals surface area contributed by atoms with Gasteiger partial charge < -0.3 is 10.7 Å². The van der Waals surface area contributed by atoms with Crippen LogP contribution in [-0.2, 0) is 0 Å². The number of anilines is 1. The first-order chi connectivity index (χ1) is 7.74. The molecule has 0 bridgehead atoms. The highest BCUT2D eigenvalue weighted by atomic mass is 15.1. The Morgan fingerprint density at radius 3 is 2.88 bits per heavy atom. The van der Waals surface area contributed by atoms with Gasteiger partial charge in [0.1, 0.15) is 5.69 Å². The molecule has 2 heterocycles. The third-order valence-electron chi connectivity index (χ3n) is 2.71. The number of benzene rings is 1. The van der Waals surface area contributed by atoms with Gasteiger partial charge in [0.15, 0.2) is 0 Å². The van der Waals surface area contributed by atoms with E-state index in [1.165, 1.54) is 10.9 Å². The number of nitrogen functional groups attached to an aromatic ring is 1. The number of fused-ring (bicyclic) bond motifs is 1. The Hall–Kier alpha value is -2.23. The van der Waals surface area contributed by atoms with Crippen LogP contribution in [-0.4, -0.2) is 15.2 Å². The van der Waals surface area contributed by atoms with Crippen LogP contribution < -0.4 is 5.73 Å². The lowest BCUT2D eigenvalue weighted by Crippen LogP contribution is -1.85. The summed E-state index contributed by atoms with van der Waals surface area (Å²) < 4.78 is 0. The highest BCUT2D eigenvalue weighted by Crippen LogP contribution is 2.26. The molecule has 0 amide bonds. The molecule has 3 rings (SSSR count). The minimum Gasteiger partial charge on any atom is -0.396 e. The van der Waals surface area contributed by atoms with Crippen molar-refractivity contribution in [3.63, 3.8) is 0 Å². The van der Waals surface area contributed by atoms with E-state index in [4.69, 9.17) is 5.73 Å². The van der Waals surface area contributed by atoms with E-state index in [0.29, 0.717) is 5.69 Å². The summed E-state index contributed by atoms with van der Waals surface area (Å²) in [5.74, 6) is 0. The lowest BCUT2D eigenvalue weighted by molar-refractivity contribution is 1.09. The summed E-state index contributed by atoms with van der Waals surface area (Å²) in [7, 11) is 0. The van der Waals surface area contributed by atoms with Crippen LogP contribution in [0.3, 0.4) is 0 Å². The zero-order valence-corrected chi connectivity index (χ0v) is 8.91. The number of aryl methyl sites for hydroxylation is 1. The first kappa shape index (κ1) is 9.03. The fourth-order valence-electron chi connectivity index (χ4n) is 1.90. The number of nitrogens with two attached hydrogens (primary N) is 1. The van der Waals surface area contributed by atoms with Crippen molar-refractivity contribution in [2.75, 3.05) is 5.73 Å². The van der Waals surface area contributed by atoms with Crippen LogP contribution in [0, 0.1) is 6.92 Å². The molecule has 0 unspecified atom stereocenters. The van der Waals surface area contributed by atoms with Crippen LogP contribution in [0.1, 0.15) is 5.56 Å². The molecular formula is C12H12N4. The molecule has 0 spiro atoms. The molecule has 4 heteroatoms. The molecule has 0 aliphatic carbocycles. The first-order valence-electron chi connectivity index (χ1n) is 5.12.